The number of nitrogens with zero attached hydrogens (tertiary/aromatic N) is 1. The van der Waals surface area contributed by atoms with Gasteiger partial charge in [-0.25, -0.2) is 0 Å². The van der Waals surface area contributed by atoms with Crippen LogP contribution in [0.4, 0.5) is 5.69 Å². The van der Waals surface area contributed by atoms with Crippen LogP contribution >= 0.6 is 15.9 Å². The molecule has 0 aliphatic heterocycles. The summed E-state index contributed by atoms with van der Waals surface area (Å²) in [4.78, 5) is 9.68. The van der Waals surface area contributed by atoms with Crippen LogP contribution in [-0.2, 0) is 0 Å². The Bertz CT molecular complexity index is 249. The van der Waals surface area contributed by atoms with Crippen molar-refractivity contribution in [3.05, 3.63) is 38.9 Å². The molecule has 1 aromatic carbocycles. The summed E-state index contributed by atoms with van der Waals surface area (Å²) < 4.78 is 0.845. The molecule has 52 valence electrons. The largest absolute Gasteiger partial charge is 2.00 e. The van der Waals surface area contributed by atoms with Crippen molar-refractivity contribution in [3.63, 3.8) is 0 Å². The van der Waals surface area contributed by atoms with E-state index in [1.54, 1.807) is 12.1 Å². The van der Waals surface area contributed by atoms with Gasteiger partial charge in [0.25, 0.3) is 5.69 Å². The Labute approximate surface area is 88.2 Å². The summed E-state index contributed by atoms with van der Waals surface area (Å²) in [6, 6.07) is 6.17. The minimum atomic E-state index is -0.424. The number of hydrogen-bond acceptors (Lipinski definition) is 2. The number of hydrogen-bond donors (Lipinski definition) is 0. The van der Waals surface area contributed by atoms with Gasteiger partial charge in [0.15, 0.2) is 0 Å². The Hall–Kier alpha value is -0.134. The third kappa shape index (κ3) is 3.18. The monoisotopic (exact) mass is 225 g/mol. The van der Waals surface area contributed by atoms with Crippen LogP contribution in [0.15, 0.2) is 28.7 Å². The Kier molecular flexibility index (Phi) is 4.63. The molecule has 0 heterocycles. The second kappa shape index (κ2) is 4.69. The van der Waals surface area contributed by atoms with E-state index in [2.05, 4.69) is 15.9 Å². The van der Waals surface area contributed by atoms with Crippen LogP contribution in [0.2, 0.25) is 0 Å². The summed E-state index contributed by atoms with van der Waals surface area (Å²) >= 11 is 3.17. The second-order valence-electron chi connectivity index (χ2n) is 1.73. The molecule has 0 bridgehead atoms. The van der Waals surface area contributed by atoms with Gasteiger partial charge in [-0.05, 0) is 12.1 Å². The minimum Gasteiger partial charge on any atom is -0.258 e. The molecule has 0 atom stereocenters. The van der Waals surface area contributed by atoms with Crippen LogP contribution in [0, 0.1) is 10.1 Å². The summed E-state index contributed by atoms with van der Waals surface area (Å²) in [5.74, 6) is 0. The van der Waals surface area contributed by atoms with Gasteiger partial charge in [-0.1, -0.05) is 15.9 Å². The van der Waals surface area contributed by atoms with E-state index < -0.39 is 4.92 Å². The first-order chi connectivity index (χ1) is 4.70. The quantitative estimate of drug-likeness (QED) is 0.417. The maximum absolute atomic E-state index is 10.1. The van der Waals surface area contributed by atoms with Gasteiger partial charge in [0.2, 0.25) is 0 Å². The Morgan fingerprint density at radius 3 is 2.09 bits per heavy atom. The molecule has 0 N–H and O–H groups in total. The summed E-state index contributed by atoms with van der Waals surface area (Å²) in [5, 5.41) is 10.1. The van der Waals surface area contributed by atoms with Crippen molar-refractivity contribution in [1.29, 1.82) is 0 Å². The number of nitro benzene ring substituents is 1. The third-order valence-corrected chi connectivity index (χ3v) is 1.57. The molecule has 0 aliphatic carbocycles. The van der Waals surface area contributed by atoms with Gasteiger partial charge in [0, 0.05) is 16.6 Å². The van der Waals surface area contributed by atoms with Crippen molar-refractivity contribution in [2.24, 2.45) is 0 Å². The Morgan fingerprint density at radius 2 is 1.73 bits per heavy atom. The summed E-state index contributed by atoms with van der Waals surface area (Å²) in [7, 11) is 0. The molecule has 11 heavy (non-hydrogen) atoms. The molecule has 0 spiro atoms. The summed E-state index contributed by atoms with van der Waals surface area (Å²) in [6.45, 7) is 0. The number of benzene rings is 1. The first-order valence-corrected chi connectivity index (χ1v) is 3.39. The minimum absolute atomic E-state index is 0. The van der Waals surface area contributed by atoms with Crippen LogP contribution in [0.3, 0.4) is 0 Å². The van der Waals surface area contributed by atoms with Gasteiger partial charge in [-0.15, -0.1) is 0 Å². The van der Waals surface area contributed by atoms with E-state index in [1.807, 2.05) is 0 Å². The normalized spacial score (nSPS) is 8.45. The maximum atomic E-state index is 10.1. The van der Waals surface area contributed by atoms with E-state index in [9.17, 15) is 10.1 Å². The predicted octanol–water partition coefficient (Wildman–Crippen LogP) is 1.98. The molecular weight excluding hydrogens is 222 g/mol. The average Bonchev–Trinajstić information content (AvgIpc) is 1.88. The summed E-state index contributed by atoms with van der Waals surface area (Å²) in [6.07, 6.45) is 0. The number of nitro groups is 1. The molecule has 0 radical (unpaired) electrons. The van der Waals surface area contributed by atoms with Gasteiger partial charge in [0.05, 0.1) is 4.92 Å². The molecule has 0 aromatic heterocycles. The van der Waals surface area contributed by atoms with E-state index in [0.29, 0.717) is 0 Å². The zero-order valence-corrected chi connectivity index (χ0v) is 8.66. The van der Waals surface area contributed by atoms with Crippen LogP contribution < -0.4 is 0 Å². The second-order valence-corrected chi connectivity index (χ2v) is 2.65. The predicted molar refractivity (Wildman–Crippen MR) is 46.6 cm³/mol. The molecule has 0 saturated heterocycles. The fourth-order valence-corrected chi connectivity index (χ4v) is 0.827. The summed E-state index contributed by atoms with van der Waals surface area (Å²) in [5.41, 5.74) is 0.114. The molecule has 3 nitrogen and oxygen atoms in total. The Morgan fingerprint density at radius 1 is 1.27 bits per heavy atom. The molecule has 1 aromatic rings. The van der Waals surface area contributed by atoms with Crippen LogP contribution in [0.25, 0.3) is 0 Å². The third-order valence-electron chi connectivity index (χ3n) is 1.04. The SMILES string of the molecule is O=[N+]([O-])c1ccc(Br)cc1.[Mg+2]. The first-order valence-electron chi connectivity index (χ1n) is 2.60. The molecule has 0 amide bonds. The van der Waals surface area contributed by atoms with E-state index in [1.165, 1.54) is 12.1 Å². The van der Waals surface area contributed by atoms with Gasteiger partial charge in [0.1, 0.15) is 0 Å². The fourth-order valence-electron chi connectivity index (χ4n) is 0.563. The van der Waals surface area contributed by atoms with E-state index >= 15 is 0 Å². The van der Waals surface area contributed by atoms with Gasteiger partial charge >= 0.3 is 23.1 Å². The van der Waals surface area contributed by atoms with E-state index in [4.69, 9.17) is 0 Å². The molecule has 0 unspecified atom stereocenters. The number of halogens is 1. The molecule has 0 aliphatic rings. The van der Waals surface area contributed by atoms with Crippen molar-refractivity contribution in [2.45, 2.75) is 0 Å². The maximum Gasteiger partial charge on any atom is 2.00 e. The van der Waals surface area contributed by atoms with Crippen molar-refractivity contribution < 1.29 is 4.92 Å². The molecule has 0 fully saturated rings. The topological polar surface area (TPSA) is 43.1 Å². The number of non-ortho nitro benzene ring substituents is 1. The molecule has 5 heteroatoms. The van der Waals surface area contributed by atoms with Gasteiger partial charge in [-0.2, -0.15) is 0 Å². The molecular formula is C6H4BrMgNO2+2. The first kappa shape index (κ1) is 10.9. The van der Waals surface area contributed by atoms with E-state index in [0.717, 1.165) is 4.47 Å². The fraction of sp³-hybridized carbons (Fsp3) is 0. The zero-order valence-electron chi connectivity index (χ0n) is 5.66. The van der Waals surface area contributed by atoms with Crippen LogP contribution in [0.5, 0.6) is 0 Å². The van der Waals surface area contributed by atoms with Crippen molar-refractivity contribution in [1.82, 2.24) is 0 Å². The van der Waals surface area contributed by atoms with Crippen molar-refractivity contribution >= 4 is 44.7 Å². The van der Waals surface area contributed by atoms with Crippen molar-refractivity contribution in [2.75, 3.05) is 0 Å². The number of rotatable bonds is 1. The zero-order chi connectivity index (χ0) is 7.56. The average molecular weight is 226 g/mol. The van der Waals surface area contributed by atoms with Crippen LogP contribution in [0.1, 0.15) is 0 Å². The standard InChI is InChI=1S/C6H4BrNO2.Mg/c7-5-1-3-6(4-2-5)8(9)10;/h1-4H;/q;+2. The van der Waals surface area contributed by atoms with E-state index in [-0.39, 0.29) is 28.7 Å². The van der Waals surface area contributed by atoms with Crippen molar-refractivity contribution in [3.8, 4) is 0 Å². The molecule has 1 rings (SSSR count). The molecule has 0 saturated carbocycles. The van der Waals surface area contributed by atoms with Crippen LogP contribution in [-0.4, -0.2) is 28.0 Å². The van der Waals surface area contributed by atoms with Gasteiger partial charge < -0.3 is 0 Å². The smallest absolute Gasteiger partial charge is 0.258 e. The van der Waals surface area contributed by atoms with Gasteiger partial charge in [-0.3, -0.25) is 10.1 Å². The Balaban J connectivity index is 0.000001000.